The number of aliphatic hydroxyl groups is 2. The van der Waals surface area contributed by atoms with E-state index in [9.17, 15) is 19.8 Å². The Morgan fingerprint density at radius 3 is 1.71 bits per heavy atom. The Morgan fingerprint density at radius 2 is 1.12 bits per heavy atom. The summed E-state index contributed by atoms with van der Waals surface area (Å²) >= 11 is 0. The van der Waals surface area contributed by atoms with Crippen molar-refractivity contribution in [1.82, 2.24) is 0 Å². The minimum atomic E-state index is -0.821. The second-order valence-electron chi connectivity index (χ2n) is 13.2. The number of carbonyl (C=O) groups is 2. The van der Waals surface area contributed by atoms with Crippen LogP contribution in [0.3, 0.4) is 0 Å². The molecule has 0 aromatic rings. The minimum absolute atomic E-state index is 0.106. The van der Waals surface area contributed by atoms with E-state index >= 15 is 0 Å². The van der Waals surface area contributed by atoms with Gasteiger partial charge in [-0.25, -0.2) is 0 Å². The fourth-order valence-electron chi connectivity index (χ4n) is 5.38. The van der Waals surface area contributed by atoms with E-state index in [0.29, 0.717) is 19.3 Å². The van der Waals surface area contributed by atoms with Crippen molar-refractivity contribution >= 4 is 11.9 Å². The van der Waals surface area contributed by atoms with Gasteiger partial charge in [0.25, 0.3) is 0 Å². The number of hydrogen-bond acceptors (Lipinski definition) is 6. The lowest BCUT2D eigenvalue weighted by molar-refractivity contribution is -0.161. The van der Waals surface area contributed by atoms with Crippen molar-refractivity contribution in [3.8, 4) is 0 Å². The molecule has 6 heteroatoms. The van der Waals surface area contributed by atoms with Gasteiger partial charge in [0.1, 0.15) is 6.61 Å². The van der Waals surface area contributed by atoms with E-state index in [1.807, 2.05) is 36.5 Å². The van der Waals surface area contributed by atoms with Crippen LogP contribution in [0.4, 0.5) is 0 Å². The standard InChI is InChI=1S/C43H74O6/c1-3-5-7-9-11-12-13-14-15-16-17-18-19-20-24-28-32-36-42(46)48-39-41(38-44)49-43(47)37-33-29-25-22-21-23-27-31-35-40(45)34-30-26-10-8-6-4-2/h6,8,22-23,25-27,30-31,35,40-41,44-45H,3-5,7,9-21,24,28-29,32-34,36-39H2,1-2H3/b8-6-,25-22-,27-23-,30-26-,35-31+/t40?,41-/m0/s1. The zero-order valence-electron chi connectivity index (χ0n) is 31.5. The first kappa shape index (κ1) is 46.6. The van der Waals surface area contributed by atoms with Crippen molar-refractivity contribution in [2.24, 2.45) is 0 Å². The van der Waals surface area contributed by atoms with Gasteiger partial charge in [-0.3, -0.25) is 9.59 Å². The number of hydrogen-bond donors (Lipinski definition) is 2. The van der Waals surface area contributed by atoms with E-state index in [1.54, 1.807) is 6.08 Å². The summed E-state index contributed by atoms with van der Waals surface area (Å²) in [5.74, 6) is -0.697. The fourth-order valence-corrected chi connectivity index (χ4v) is 5.38. The van der Waals surface area contributed by atoms with Gasteiger partial charge in [0, 0.05) is 12.8 Å². The average Bonchev–Trinajstić information content (AvgIpc) is 3.10. The van der Waals surface area contributed by atoms with Crippen LogP contribution in [-0.4, -0.2) is 47.6 Å². The first-order chi connectivity index (χ1) is 24.0. The van der Waals surface area contributed by atoms with Crippen LogP contribution < -0.4 is 0 Å². The van der Waals surface area contributed by atoms with Crippen LogP contribution in [0.2, 0.25) is 0 Å². The molecule has 1 unspecified atom stereocenters. The summed E-state index contributed by atoms with van der Waals surface area (Å²) in [5.41, 5.74) is 0. The summed E-state index contributed by atoms with van der Waals surface area (Å²) in [5, 5.41) is 19.5. The number of carbonyl (C=O) groups excluding carboxylic acids is 2. The van der Waals surface area contributed by atoms with Crippen LogP contribution in [0.25, 0.3) is 0 Å². The number of aliphatic hydroxyl groups excluding tert-OH is 2. The molecule has 0 radical (unpaired) electrons. The van der Waals surface area contributed by atoms with Gasteiger partial charge in [0.2, 0.25) is 0 Å². The van der Waals surface area contributed by atoms with E-state index in [1.165, 1.54) is 89.9 Å². The summed E-state index contributed by atoms with van der Waals surface area (Å²) in [6.45, 7) is 3.90. The van der Waals surface area contributed by atoms with Crippen molar-refractivity contribution in [3.63, 3.8) is 0 Å². The number of ether oxygens (including phenoxy) is 2. The Hall–Kier alpha value is -2.44. The molecule has 0 rings (SSSR count). The first-order valence-electron chi connectivity index (χ1n) is 20.0. The number of allylic oxidation sites excluding steroid dienone is 8. The van der Waals surface area contributed by atoms with Gasteiger partial charge in [0.05, 0.1) is 12.7 Å². The molecule has 0 aromatic carbocycles. The van der Waals surface area contributed by atoms with Crippen LogP contribution in [0, 0.1) is 0 Å². The predicted octanol–water partition coefficient (Wildman–Crippen LogP) is 11.4. The highest BCUT2D eigenvalue weighted by atomic mass is 16.6. The minimum Gasteiger partial charge on any atom is -0.462 e. The summed E-state index contributed by atoms with van der Waals surface area (Å²) in [4.78, 5) is 24.2. The highest BCUT2D eigenvalue weighted by Crippen LogP contribution is 2.14. The van der Waals surface area contributed by atoms with Gasteiger partial charge in [-0.2, -0.15) is 0 Å². The molecule has 0 spiro atoms. The zero-order chi connectivity index (χ0) is 35.9. The van der Waals surface area contributed by atoms with E-state index < -0.39 is 18.2 Å². The van der Waals surface area contributed by atoms with Crippen LogP contribution in [0.1, 0.15) is 174 Å². The molecular weight excluding hydrogens is 612 g/mol. The molecule has 49 heavy (non-hydrogen) atoms. The lowest BCUT2D eigenvalue weighted by Gasteiger charge is -2.15. The predicted molar refractivity (Wildman–Crippen MR) is 206 cm³/mol. The van der Waals surface area contributed by atoms with Gasteiger partial charge >= 0.3 is 11.9 Å². The second-order valence-corrected chi connectivity index (χ2v) is 13.2. The molecule has 0 saturated heterocycles. The summed E-state index contributed by atoms with van der Waals surface area (Å²) in [6.07, 6.45) is 46.0. The van der Waals surface area contributed by atoms with Crippen molar-refractivity contribution in [2.75, 3.05) is 13.2 Å². The van der Waals surface area contributed by atoms with Crippen LogP contribution in [0.15, 0.2) is 60.8 Å². The average molecular weight is 687 g/mol. The van der Waals surface area contributed by atoms with Crippen molar-refractivity contribution < 1.29 is 29.3 Å². The van der Waals surface area contributed by atoms with E-state index in [-0.39, 0.29) is 25.6 Å². The van der Waals surface area contributed by atoms with Gasteiger partial charge < -0.3 is 19.7 Å². The van der Waals surface area contributed by atoms with Crippen LogP contribution in [-0.2, 0) is 19.1 Å². The summed E-state index contributed by atoms with van der Waals surface area (Å²) in [7, 11) is 0. The Bertz CT molecular complexity index is 887. The Kier molecular flexibility index (Phi) is 36.5. The third-order valence-corrected chi connectivity index (χ3v) is 8.41. The maximum atomic E-state index is 12.1. The highest BCUT2D eigenvalue weighted by Gasteiger charge is 2.16. The number of unbranched alkanes of at least 4 members (excludes halogenated alkanes) is 17. The molecular formula is C43H74O6. The van der Waals surface area contributed by atoms with Crippen LogP contribution >= 0.6 is 0 Å². The highest BCUT2D eigenvalue weighted by molar-refractivity contribution is 5.70. The summed E-state index contributed by atoms with van der Waals surface area (Å²) < 4.78 is 10.5. The third-order valence-electron chi connectivity index (χ3n) is 8.41. The maximum Gasteiger partial charge on any atom is 0.306 e. The van der Waals surface area contributed by atoms with E-state index in [0.717, 1.165) is 44.9 Å². The molecule has 0 aliphatic rings. The zero-order valence-corrected chi connectivity index (χ0v) is 31.5. The molecule has 0 aliphatic carbocycles. The largest absolute Gasteiger partial charge is 0.462 e. The molecule has 0 aromatic heterocycles. The van der Waals surface area contributed by atoms with Gasteiger partial charge in [-0.15, -0.1) is 0 Å². The van der Waals surface area contributed by atoms with Crippen molar-refractivity contribution in [2.45, 2.75) is 187 Å². The normalized spacial score (nSPS) is 13.5. The van der Waals surface area contributed by atoms with Gasteiger partial charge in [-0.05, 0) is 44.9 Å². The monoisotopic (exact) mass is 687 g/mol. The quantitative estimate of drug-likeness (QED) is 0.0298. The molecule has 0 amide bonds. The topological polar surface area (TPSA) is 93.1 Å². The molecule has 2 N–H and O–H groups in total. The molecule has 282 valence electrons. The lowest BCUT2D eigenvalue weighted by Crippen LogP contribution is -2.28. The molecule has 2 atom stereocenters. The second kappa shape index (κ2) is 38.4. The van der Waals surface area contributed by atoms with E-state index in [2.05, 4.69) is 32.1 Å². The molecule has 0 fully saturated rings. The van der Waals surface area contributed by atoms with Gasteiger partial charge in [-0.1, -0.05) is 177 Å². The Labute approximate surface area is 301 Å². The smallest absolute Gasteiger partial charge is 0.306 e. The summed E-state index contributed by atoms with van der Waals surface area (Å²) in [6, 6.07) is 0. The van der Waals surface area contributed by atoms with Crippen molar-refractivity contribution in [3.05, 3.63) is 60.8 Å². The SMILES string of the molecule is CC/C=C\C/C=C\CC(O)/C=C/C=C\C/C=C\CCCC(=O)O[C@@H](CO)COC(=O)CCCCCCCCCCCCCCCCCCC. The maximum absolute atomic E-state index is 12.1. The lowest BCUT2D eigenvalue weighted by atomic mass is 10.0. The van der Waals surface area contributed by atoms with E-state index in [4.69, 9.17) is 9.47 Å². The molecule has 0 bridgehead atoms. The fraction of sp³-hybridized carbons (Fsp3) is 0.721. The molecule has 0 aliphatic heterocycles. The molecule has 0 saturated carbocycles. The first-order valence-corrected chi connectivity index (χ1v) is 20.0. The van der Waals surface area contributed by atoms with Crippen LogP contribution in [0.5, 0.6) is 0 Å². The van der Waals surface area contributed by atoms with Gasteiger partial charge in [0.15, 0.2) is 6.10 Å². The number of esters is 2. The number of rotatable bonds is 35. The Morgan fingerprint density at radius 1 is 0.592 bits per heavy atom. The van der Waals surface area contributed by atoms with Crippen molar-refractivity contribution in [1.29, 1.82) is 0 Å². The molecule has 6 nitrogen and oxygen atoms in total. The Balaban J connectivity index is 3.71. The third kappa shape index (κ3) is 36.7. The molecule has 0 heterocycles.